The summed E-state index contributed by atoms with van der Waals surface area (Å²) in [5.41, 5.74) is 1.09. The molecule has 3 aliphatic heterocycles. The maximum absolute atomic E-state index is 12.0. The molecular weight excluding hydrogens is 282 g/mol. The number of nitrogens with one attached hydrogen (secondary N) is 3. The first-order valence-corrected chi connectivity index (χ1v) is 7.29. The van der Waals surface area contributed by atoms with Crippen LogP contribution in [0.4, 0.5) is 0 Å². The largest absolute Gasteiger partial charge is 0.366 e. The van der Waals surface area contributed by atoms with Gasteiger partial charge < -0.3 is 16.0 Å². The zero-order valence-corrected chi connectivity index (χ0v) is 12.4. The van der Waals surface area contributed by atoms with Gasteiger partial charge in [0.2, 0.25) is 5.91 Å². The summed E-state index contributed by atoms with van der Waals surface area (Å²) in [5.74, 6) is 0.847. The number of hydrogen-bond donors (Lipinski definition) is 3. The molecule has 2 unspecified atom stereocenters. The van der Waals surface area contributed by atoms with Crippen LogP contribution in [0.15, 0.2) is 28.7 Å². The monoisotopic (exact) mass is 301 g/mol. The summed E-state index contributed by atoms with van der Waals surface area (Å²) in [5, 5.41) is 21.7. The van der Waals surface area contributed by atoms with Gasteiger partial charge in [-0.1, -0.05) is 0 Å². The van der Waals surface area contributed by atoms with Gasteiger partial charge in [0, 0.05) is 25.7 Å². The van der Waals surface area contributed by atoms with E-state index in [1.807, 2.05) is 30.4 Å². The SMILES string of the molecule is CN(C1=C2C=CNC2N=CN1)N1CCC(C(=O)NCC#N)C1. The van der Waals surface area contributed by atoms with Crippen LogP contribution in [0.25, 0.3) is 0 Å². The quantitative estimate of drug-likeness (QED) is 0.581. The summed E-state index contributed by atoms with van der Waals surface area (Å²) in [6.45, 7) is 1.51. The van der Waals surface area contributed by atoms with Crippen LogP contribution in [-0.2, 0) is 4.79 Å². The zero-order valence-electron chi connectivity index (χ0n) is 12.4. The Bertz CT molecular complexity index is 588. The van der Waals surface area contributed by atoms with Crippen LogP contribution in [0.2, 0.25) is 0 Å². The molecule has 0 bridgehead atoms. The van der Waals surface area contributed by atoms with Gasteiger partial charge in [0.25, 0.3) is 0 Å². The first kappa shape index (κ1) is 14.4. The Kier molecular flexibility index (Phi) is 3.98. The minimum absolute atomic E-state index is 0.0315. The van der Waals surface area contributed by atoms with Crippen LogP contribution in [0, 0.1) is 17.2 Å². The van der Waals surface area contributed by atoms with Gasteiger partial charge in [0.15, 0.2) is 0 Å². The number of fused-ring (bicyclic) bond motifs is 1. The van der Waals surface area contributed by atoms with E-state index < -0.39 is 0 Å². The van der Waals surface area contributed by atoms with E-state index in [4.69, 9.17) is 5.26 Å². The molecule has 0 aromatic rings. The number of nitrogens with zero attached hydrogens (tertiary/aromatic N) is 4. The molecule has 3 aliphatic rings. The third-order valence-corrected chi connectivity index (χ3v) is 4.14. The van der Waals surface area contributed by atoms with Gasteiger partial charge in [-0.2, -0.15) is 5.26 Å². The fourth-order valence-corrected chi connectivity index (χ4v) is 2.92. The minimum Gasteiger partial charge on any atom is -0.366 e. The Morgan fingerprint density at radius 1 is 1.68 bits per heavy atom. The Balaban J connectivity index is 1.65. The van der Waals surface area contributed by atoms with E-state index in [-0.39, 0.29) is 24.5 Å². The number of aliphatic imine (C=N–C) groups is 1. The van der Waals surface area contributed by atoms with E-state index in [1.165, 1.54) is 0 Å². The highest BCUT2D eigenvalue weighted by Crippen LogP contribution is 2.24. The molecule has 0 saturated carbocycles. The maximum atomic E-state index is 12.0. The first-order chi connectivity index (χ1) is 10.7. The average Bonchev–Trinajstić information content (AvgIpc) is 3.20. The number of nitriles is 1. The minimum atomic E-state index is -0.0771. The van der Waals surface area contributed by atoms with E-state index in [0.717, 1.165) is 24.4 Å². The van der Waals surface area contributed by atoms with Crippen LogP contribution in [0.5, 0.6) is 0 Å². The molecule has 2 atom stereocenters. The highest BCUT2D eigenvalue weighted by molar-refractivity contribution is 5.79. The summed E-state index contributed by atoms with van der Waals surface area (Å²) in [6, 6.07) is 1.93. The number of amides is 1. The molecule has 0 aromatic carbocycles. The van der Waals surface area contributed by atoms with Crippen molar-refractivity contribution in [1.82, 2.24) is 26.0 Å². The molecule has 0 aromatic heterocycles. The van der Waals surface area contributed by atoms with Crippen LogP contribution in [0.3, 0.4) is 0 Å². The maximum Gasteiger partial charge on any atom is 0.225 e. The second-order valence-electron chi connectivity index (χ2n) is 5.43. The lowest BCUT2D eigenvalue weighted by Crippen LogP contribution is -2.45. The van der Waals surface area contributed by atoms with Crippen LogP contribution in [-0.4, -0.2) is 55.1 Å². The van der Waals surface area contributed by atoms with E-state index in [1.54, 1.807) is 6.34 Å². The smallest absolute Gasteiger partial charge is 0.225 e. The van der Waals surface area contributed by atoms with E-state index >= 15 is 0 Å². The van der Waals surface area contributed by atoms with E-state index in [2.05, 4.69) is 26.0 Å². The van der Waals surface area contributed by atoms with Crippen molar-refractivity contribution in [2.75, 3.05) is 26.7 Å². The standard InChI is InChI=1S/C14H19N7O/c1-20(13-11-2-5-16-12(11)18-9-19-13)21-7-3-10(8-21)14(22)17-6-4-15/h2,5,9-10,12,16H,3,6-8H2,1H3,(H,17,22)(H,18,19). The van der Waals surface area contributed by atoms with Gasteiger partial charge in [0.05, 0.1) is 18.3 Å². The van der Waals surface area contributed by atoms with Gasteiger partial charge in [-0.05, 0) is 18.7 Å². The highest BCUT2D eigenvalue weighted by Gasteiger charge is 2.33. The molecule has 3 rings (SSSR count). The van der Waals surface area contributed by atoms with Gasteiger partial charge in [-0.15, -0.1) is 0 Å². The van der Waals surface area contributed by atoms with E-state index in [0.29, 0.717) is 6.54 Å². The lowest BCUT2D eigenvalue weighted by atomic mass is 10.1. The summed E-state index contributed by atoms with van der Waals surface area (Å²) >= 11 is 0. The number of carbonyl (C=O) groups excluding carboxylic acids is 1. The molecule has 3 heterocycles. The van der Waals surface area contributed by atoms with Crippen molar-refractivity contribution >= 4 is 12.2 Å². The Labute approximate surface area is 129 Å². The third-order valence-electron chi connectivity index (χ3n) is 4.14. The van der Waals surface area contributed by atoms with Crippen molar-refractivity contribution in [1.29, 1.82) is 5.26 Å². The second kappa shape index (κ2) is 6.07. The van der Waals surface area contributed by atoms with Crippen molar-refractivity contribution in [2.45, 2.75) is 12.6 Å². The van der Waals surface area contributed by atoms with E-state index in [9.17, 15) is 4.79 Å². The van der Waals surface area contributed by atoms with Gasteiger partial charge in [-0.3, -0.25) is 9.80 Å². The Morgan fingerprint density at radius 3 is 3.36 bits per heavy atom. The molecule has 0 spiro atoms. The predicted octanol–water partition coefficient (Wildman–Crippen LogP) is -0.919. The number of hydrogen-bond acceptors (Lipinski definition) is 7. The first-order valence-electron chi connectivity index (χ1n) is 7.29. The molecule has 1 saturated heterocycles. The Morgan fingerprint density at radius 2 is 2.55 bits per heavy atom. The molecule has 116 valence electrons. The molecule has 1 amide bonds. The number of rotatable bonds is 4. The zero-order chi connectivity index (χ0) is 15.5. The molecule has 0 aliphatic carbocycles. The lowest BCUT2D eigenvalue weighted by molar-refractivity contribution is -0.124. The number of carbonyl (C=O) groups is 1. The number of hydrazine groups is 1. The fraction of sp³-hybridized carbons (Fsp3) is 0.500. The highest BCUT2D eigenvalue weighted by atomic mass is 16.2. The molecule has 22 heavy (non-hydrogen) atoms. The molecule has 8 heteroatoms. The van der Waals surface area contributed by atoms with Crippen molar-refractivity contribution < 1.29 is 4.79 Å². The molecule has 8 nitrogen and oxygen atoms in total. The molecule has 3 N–H and O–H groups in total. The van der Waals surface area contributed by atoms with Crippen LogP contribution >= 0.6 is 0 Å². The summed E-state index contributed by atoms with van der Waals surface area (Å²) in [7, 11) is 1.98. The van der Waals surface area contributed by atoms with Gasteiger partial charge >= 0.3 is 0 Å². The van der Waals surface area contributed by atoms with Crippen molar-refractivity contribution in [3.63, 3.8) is 0 Å². The van der Waals surface area contributed by atoms with Gasteiger partial charge in [-0.25, -0.2) is 10.0 Å². The van der Waals surface area contributed by atoms with Crippen LogP contribution in [0.1, 0.15) is 6.42 Å². The fourth-order valence-electron chi connectivity index (χ4n) is 2.92. The lowest BCUT2D eigenvalue weighted by Gasteiger charge is -2.34. The summed E-state index contributed by atoms with van der Waals surface area (Å²) in [6.07, 6.45) is 6.34. The average molecular weight is 301 g/mol. The van der Waals surface area contributed by atoms with Crippen molar-refractivity contribution in [2.24, 2.45) is 10.9 Å². The molecule has 1 fully saturated rings. The normalized spacial score (nSPS) is 26.2. The Hall–Kier alpha value is -2.53. The summed E-state index contributed by atoms with van der Waals surface area (Å²) in [4.78, 5) is 16.3. The molecular formula is C14H19N7O. The van der Waals surface area contributed by atoms with Crippen LogP contribution < -0.4 is 16.0 Å². The topological polar surface area (TPSA) is 95.8 Å². The third kappa shape index (κ3) is 2.63. The summed E-state index contributed by atoms with van der Waals surface area (Å²) < 4.78 is 0. The predicted molar refractivity (Wildman–Crippen MR) is 80.8 cm³/mol. The van der Waals surface area contributed by atoms with Crippen molar-refractivity contribution in [3.8, 4) is 6.07 Å². The molecule has 0 radical (unpaired) electrons. The van der Waals surface area contributed by atoms with Crippen molar-refractivity contribution in [3.05, 3.63) is 23.7 Å². The second-order valence-corrected chi connectivity index (χ2v) is 5.43. The van der Waals surface area contributed by atoms with Gasteiger partial charge in [0.1, 0.15) is 18.5 Å².